The van der Waals surface area contributed by atoms with E-state index in [4.69, 9.17) is 9.47 Å². The molecule has 282 valence electrons. The summed E-state index contributed by atoms with van der Waals surface area (Å²) in [5.41, 5.74) is 4.70. The molecule has 0 bridgehead atoms. The van der Waals surface area contributed by atoms with Crippen LogP contribution >= 0.6 is 0 Å². The summed E-state index contributed by atoms with van der Waals surface area (Å²) in [6, 6.07) is 23.4. The second kappa shape index (κ2) is 18.4. The van der Waals surface area contributed by atoms with Gasteiger partial charge in [0.25, 0.3) is 0 Å². The highest BCUT2D eigenvalue weighted by atomic mass is 28.4. The van der Waals surface area contributed by atoms with Crippen molar-refractivity contribution in [2.75, 3.05) is 37.8 Å². The molecule has 0 aliphatic carbocycles. The lowest BCUT2D eigenvalue weighted by Crippen LogP contribution is -2.49. The van der Waals surface area contributed by atoms with Gasteiger partial charge in [0.1, 0.15) is 5.75 Å². The molecule has 3 aromatic carbocycles. The molecule has 1 saturated heterocycles. The van der Waals surface area contributed by atoms with E-state index in [0.29, 0.717) is 32.5 Å². The molecule has 4 N–H and O–H groups in total. The maximum absolute atomic E-state index is 13.9. The molecule has 52 heavy (non-hydrogen) atoms. The third kappa shape index (κ3) is 9.88. The number of rotatable bonds is 18. The molecule has 5 rings (SSSR count). The van der Waals surface area contributed by atoms with Gasteiger partial charge in [0, 0.05) is 30.9 Å². The Morgan fingerprint density at radius 1 is 1.00 bits per heavy atom. The van der Waals surface area contributed by atoms with E-state index < -0.39 is 14.4 Å². The first-order valence-electron chi connectivity index (χ1n) is 18.9. The number of carbonyl (C=O) groups is 2. The highest BCUT2D eigenvalue weighted by Gasteiger charge is 2.50. The van der Waals surface area contributed by atoms with E-state index in [-0.39, 0.29) is 61.6 Å². The van der Waals surface area contributed by atoms with Crippen LogP contribution < -0.4 is 15.0 Å². The number of aliphatic hydroxyl groups is 2. The van der Waals surface area contributed by atoms with Crippen molar-refractivity contribution < 1.29 is 34.1 Å². The number of anilines is 2. The lowest BCUT2D eigenvalue weighted by Gasteiger charge is -2.35. The van der Waals surface area contributed by atoms with Gasteiger partial charge in [-0.25, -0.2) is 0 Å². The lowest BCUT2D eigenvalue weighted by molar-refractivity contribution is -0.135. The van der Waals surface area contributed by atoms with E-state index in [0.717, 1.165) is 53.1 Å². The van der Waals surface area contributed by atoms with Gasteiger partial charge in [0.05, 0.1) is 43.6 Å². The van der Waals surface area contributed by atoms with Crippen molar-refractivity contribution in [2.24, 2.45) is 5.92 Å². The molecular weight excluding hydrogens is 675 g/mol. The standard InChI is InChI=1S/C41H57N3O7Si/c1-5-50-34-18-19-36-32(25-34)26-35(42-21-9-10-23-45)41(48)44(36)33-16-13-30(14-17-33)15-20-37-29(2)40(52(3,4)49)38(51-37)27-39(47)43(22-24-46)28-31-11-7-6-8-12-31/h6-8,11-14,16-19,25,29,35,37-38,40,42,45-46,49H,5,9-10,15,20-24,26-28H2,1-4H3/t29-,35?,37+,38-,40+/m1/s1. The topological polar surface area (TPSA) is 132 Å². The van der Waals surface area contributed by atoms with Crippen LogP contribution in [0.1, 0.15) is 56.2 Å². The summed E-state index contributed by atoms with van der Waals surface area (Å²) >= 11 is 0. The number of nitrogens with one attached hydrogen (secondary N) is 1. The van der Waals surface area contributed by atoms with Crippen molar-refractivity contribution >= 4 is 31.5 Å². The maximum Gasteiger partial charge on any atom is 0.249 e. The molecule has 0 aromatic heterocycles. The molecule has 2 aliphatic rings. The molecule has 10 nitrogen and oxygen atoms in total. The van der Waals surface area contributed by atoms with E-state index >= 15 is 0 Å². The van der Waals surface area contributed by atoms with Crippen LogP contribution in [0.4, 0.5) is 11.4 Å². The zero-order valence-corrected chi connectivity index (χ0v) is 32.2. The van der Waals surface area contributed by atoms with Gasteiger partial charge < -0.3 is 34.7 Å². The predicted octanol–water partition coefficient (Wildman–Crippen LogP) is 5.35. The maximum atomic E-state index is 13.9. The number of fused-ring (bicyclic) bond motifs is 1. The normalized spacial score (nSPS) is 21.6. The van der Waals surface area contributed by atoms with Gasteiger partial charge in [-0.05, 0) is 112 Å². The van der Waals surface area contributed by atoms with Crippen LogP contribution in [0.3, 0.4) is 0 Å². The Balaban J connectivity index is 1.27. The molecule has 0 spiro atoms. The molecule has 11 heteroatoms. The van der Waals surface area contributed by atoms with Crippen molar-refractivity contribution in [2.45, 2.75) is 95.8 Å². The fraction of sp³-hybridized carbons (Fsp3) is 0.512. The van der Waals surface area contributed by atoms with Crippen LogP contribution in [-0.4, -0.2) is 91.2 Å². The first-order chi connectivity index (χ1) is 25.0. The van der Waals surface area contributed by atoms with Gasteiger partial charge >= 0.3 is 0 Å². The third-order valence-corrected chi connectivity index (χ3v) is 13.0. The summed E-state index contributed by atoms with van der Waals surface area (Å²) in [6.45, 7) is 9.82. The average molecular weight is 732 g/mol. The van der Waals surface area contributed by atoms with Crippen molar-refractivity contribution in [1.29, 1.82) is 0 Å². The molecule has 1 fully saturated rings. The van der Waals surface area contributed by atoms with Crippen LogP contribution in [0.25, 0.3) is 0 Å². The Morgan fingerprint density at radius 3 is 2.42 bits per heavy atom. The van der Waals surface area contributed by atoms with Crippen LogP contribution in [0, 0.1) is 5.92 Å². The Bertz CT molecular complexity index is 1600. The summed E-state index contributed by atoms with van der Waals surface area (Å²) in [4.78, 5) is 42.3. The zero-order valence-electron chi connectivity index (χ0n) is 31.2. The monoisotopic (exact) mass is 731 g/mol. The number of nitrogens with zero attached hydrogens (tertiary/aromatic N) is 2. The smallest absolute Gasteiger partial charge is 0.249 e. The fourth-order valence-electron chi connectivity index (χ4n) is 7.97. The lowest BCUT2D eigenvalue weighted by atomic mass is 9.94. The number of aryl methyl sites for hydroxylation is 1. The first-order valence-corrected chi connectivity index (χ1v) is 21.9. The highest BCUT2D eigenvalue weighted by Crippen LogP contribution is 2.46. The summed E-state index contributed by atoms with van der Waals surface area (Å²) in [5.74, 6) is 0.768. The van der Waals surface area contributed by atoms with E-state index in [2.05, 4.69) is 24.4 Å². The number of amides is 2. The molecule has 2 amide bonds. The van der Waals surface area contributed by atoms with Gasteiger partial charge in [-0.1, -0.05) is 49.4 Å². The van der Waals surface area contributed by atoms with Gasteiger partial charge in [-0.15, -0.1) is 0 Å². The number of hydrogen-bond acceptors (Lipinski definition) is 8. The van der Waals surface area contributed by atoms with Crippen molar-refractivity contribution in [3.8, 4) is 5.75 Å². The number of hydrogen-bond donors (Lipinski definition) is 4. The third-order valence-electron chi connectivity index (χ3n) is 10.5. The van der Waals surface area contributed by atoms with Gasteiger partial charge in [0.15, 0.2) is 8.32 Å². The van der Waals surface area contributed by atoms with Crippen molar-refractivity contribution in [3.05, 3.63) is 89.5 Å². The predicted molar refractivity (Wildman–Crippen MR) is 206 cm³/mol. The van der Waals surface area contributed by atoms with Crippen LogP contribution in [0.2, 0.25) is 18.6 Å². The Morgan fingerprint density at radius 2 is 1.75 bits per heavy atom. The number of benzene rings is 3. The second-order valence-corrected chi connectivity index (χ2v) is 18.7. The van der Waals surface area contributed by atoms with E-state index in [1.54, 1.807) is 9.80 Å². The Hall–Kier alpha value is -3.58. The molecule has 5 atom stereocenters. The molecule has 0 saturated carbocycles. The minimum absolute atomic E-state index is 0.00896. The summed E-state index contributed by atoms with van der Waals surface area (Å²) in [6.07, 6.45) is 3.18. The van der Waals surface area contributed by atoms with Gasteiger partial charge in [-0.3, -0.25) is 14.5 Å². The summed E-state index contributed by atoms with van der Waals surface area (Å²) < 4.78 is 12.4. The average Bonchev–Trinajstić information content (AvgIpc) is 3.44. The van der Waals surface area contributed by atoms with E-state index in [9.17, 15) is 24.6 Å². The van der Waals surface area contributed by atoms with Crippen molar-refractivity contribution in [1.82, 2.24) is 10.2 Å². The minimum Gasteiger partial charge on any atom is -0.494 e. The number of aliphatic hydroxyl groups excluding tert-OH is 2. The number of ether oxygens (including phenoxy) is 2. The first kappa shape index (κ1) is 39.6. The Kier molecular flexibility index (Phi) is 14.1. The molecule has 2 heterocycles. The van der Waals surface area contributed by atoms with E-state index in [1.165, 1.54) is 0 Å². The van der Waals surface area contributed by atoms with Crippen LogP contribution in [-0.2, 0) is 33.7 Å². The minimum atomic E-state index is -2.69. The Labute approximate surface area is 309 Å². The quantitative estimate of drug-likeness (QED) is 0.102. The zero-order chi connectivity index (χ0) is 37.3. The number of unbranched alkanes of at least 4 members (excludes halogenated alkanes) is 1. The number of carbonyl (C=O) groups excluding carboxylic acids is 2. The molecule has 1 unspecified atom stereocenters. The molecule has 3 aromatic rings. The van der Waals surface area contributed by atoms with Crippen LogP contribution in [0.15, 0.2) is 72.8 Å². The van der Waals surface area contributed by atoms with Gasteiger partial charge in [-0.2, -0.15) is 0 Å². The SMILES string of the molecule is CCOc1ccc2c(c1)CC(NCCCCO)C(=O)N2c1ccc(CC[C@@H]2O[C@H](CC(=O)N(CCO)Cc3ccccc3)[C@@H]([Si](C)(C)O)[C@@H]2C)cc1. The van der Waals surface area contributed by atoms with Crippen molar-refractivity contribution in [3.63, 3.8) is 0 Å². The summed E-state index contributed by atoms with van der Waals surface area (Å²) in [7, 11) is -2.69. The largest absolute Gasteiger partial charge is 0.494 e. The molecular formula is C41H57N3O7Si. The highest BCUT2D eigenvalue weighted by molar-refractivity contribution is 6.71. The van der Waals surface area contributed by atoms with E-state index in [1.807, 2.05) is 80.7 Å². The molecule has 0 radical (unpaired) electrons. The van der Waals surface area contributed by atoms with Crippen LogP contribution in [0.5, 0.6) is 5.75 Å². The fourth-order valence-corrected chi connectivity index (χ4v) is 10.6. The molecule has 2 aliphatic heterocycles. The summed E-state index contributed by atoms with van der Waals surface area (Å²) in [5, 5.41) is 22.3. The van der Waals surface area contributed by atoms with Gasteiger partial charge in [0.2, 0.25) is 11.8 Å². The second-order valence-electron chi connectivity index (χ2n) is 14.7.